The lowest BCUT2D eigenvalue weighted by molar-refractivity contribution is 0.0947. The molecular formula is C11H13F2NO2. The molecule has 0 saturated carbocycles. The highest BCUT2D eigenvalue weighted by Gasteiger charge is 2.13. The maximum Gasteiger partial charge on any atom is 0.254 e. The van der Waals surface area contributed by atoms with Crippen molar-refractivity contribution in [2.24, 2.45) is 0 Å². The number of benzene rings is 1. The number of carbonyl (C=O) groups excluding carboxylic acids is 1. The zero-order valence-electron chi connectivity index (χ0n) is 8.67. The van der Waals surface area contributed by atoms with Gasteiger partial charge in [0.05, 0.1) is 5.56 Å². The number of aliphatic hydroxyl groups is 1. The Morgan fingerprint density at radius 1 is 1.31 bits per heavy atom. The summed E-state index contributed by atoms with van der Waals surface area (Å²) in [6.07, 6.45) is 1.16. The molecule has 1 amide bonds. The Morgan fingerprint density at radius 3 is 2.75 bits per heavy atom. The molecule has 0 aliphatic carbocycles. The van der Waals surface area contributed by atoms with Crippen LogP contribution < -0.4 is 5.32 Å². The van der Waals surface area contributed by atoms with Gasteiger partial charge in [0.2, 0.25) is 0 Å². The normalized spacial score (nSPS) is 10.2. The Labute approximate surface area is 92.1 Å². The topological polar surface area (TPSA) is 49.3 Å². The smallest absolute Gasteiger partial charge is 0.254 e. The van der Waals surface area contributed by atoms with Gasteiger partial charge in [-0.25, -0.2) is 8.78 Å². The predicted octanol–water partition coefficient (Wildman–Crippen LogP) is 1.47. The van der Waals surface area contributed by atoms with E-state index in [1.54, 1.807) is 0 Å². The molecule has 16 heavy (non-hydrogen) atoms. The molecule has 1 aromatic carbocycles. The van der Waals surface area contributed by atoms with Crippen molar-refractivity contribution >= 4 is 5.91 Å². The molecule has 0 fully saturated rings. The molecule has 0 spiro atoms. The van der Waals surface area contributed by atoms with E-state index in [-0.39, 0.29) is 12.2 Å². The monoisotopic (exact) mass is 229 g/mol. The first-order valence-electron chi connectivity index (χ1n) is 5.00. The minimum Gasteiger partial charge on any atom is -0.396 e. The second-order valence-corrected chi connectivity index (χ2v) is 3.29. The number of aliphatic hydroxyl groups excluding tert-OH is 1. The van der Waals surface area contributed by atoms with Crippen molar-refractivity contribution in [3.05, 3.63) is 35.4 Å². The lowest BCUT2D eigenvalue weighted by Crippen LogP contribution is -2.25. The van der Waals surface area contributed by atoms with E-state index in [4.69, 9.17) is 5.11 Å². The van der Waals surface area contributed by atoms with Gasteiger partial charge in [-0.05, 0) is 25.0 Å². The maximum atomic E-state index is 13.2. The van der Waals surface area contributed by atoms with Crippen molar-refractivity contribution in [1.29, 1.82) is 0 Å². The van der Waals surface area contributed by atoms with Gasteiger partial charge >= 0.3 is 0 Å². The Morgan fingerprint density at radius 2 is 2.06 bits per heavy atom. The van der Waals surface area contributed by atoms with Crippen LogP contribution in [-0.4, -0.2) is 24.2 Å². The number of carbonyl (C=O) groups is 1. The first-order chi connectivity index (χ1) is 7.66. The van der Waals surface area contributed by atoms with E-state index in [2.05, 4.69) is 5.32 Å². The molecule has 2 N–H and O–H groups in total. The van der Waals surface area contributed by atoms with E-state index >= 15 is 0 Å². The number of halogens is 2. The first kappa shape index (κ1) is 12.6. The number of hydrogen-bond acceptors (Lipinski definition) is 2. The summed E-state index contributed by atoms with van der Waals surface area (Å²) in [6, 6.07) is 3.46. The molecule has 0 atom stereocenters. The molecule has 1 aromatic rings. The fraction of sp³-hybridized carbons (Fsp3) is 0.364. The lowest BCUT2D eigenvalue weighted by atomic mass is 10.2. The summed E-state index contributed by atoms with van der Waals surface area (Å²) >= 11 is 0. The van der Waals surface area contributed by atoms with Gasteiger partial charge in [0.1, 0.15) is 0 Å². The summed E-state index contributed by atoms with van der Waals surface area (Å²) in [5.41, 5.74) is -0.302. The van der Waals surface area contributed by atoms with Gasteiger partial charge in [-0.2, -0.15) is 0 Å². The largest absolute Gasteiger partial charge is 0.396 e. The molecule has 0 aromatic heterocycles. The van der Waals surface area contributed by atoms with Crippen molar-refractivity contribution in [2.45, 2.75) is 12.8 Å². The van der Waals surface area contributed by atoms with Crippen LogP contribution in [0.4, 0.5) is 8.78 Å². The number of hydrogen-bond donors (Lipinski definition) is 2. The highest BCUT2D eigenvalue weighted by Crippen LogP contribution is 2.10. The third-order valence-electron chi connectivity index (χ3n) is 2.07. The summed E-state index contributed by atoms with van der Waals surface area (Å²) in [6.45, 7) is 0.375. The van der Waals surface area contributed by atoms with Crippen LogP contribution in [0, 0.1) is 11.6 Å². The SMILES string of the molecule is O=C(NCCCCO)c1cccc(F)c1F. The van der Waals surface area contributed by atoms with Crippen LogP contribution in [0.1, 0.15) is 23.2 Å². The highest BCUT2D eigenvalue weighted by atomic mass is 19.2. The third-order valence-corrected chi connectivity index (χ3v) is 2.07. The zero-order chi connectivity index (χ0) is 12.0. The fourth-order valence-electron chi connectivity index (χ4n) is 1.21. The highest BCUT2D eigenvalue weighted by molar-refractivity contribution is 5.94. The number of unbranched alkanes of at least 4 members (excludes halogenated alkanes) is 1. The third kappa shape index (κ3) is 3.27. The Kier molecular flexibility index (Phi) is 4.85. The summed E-state index contributed by atoms with van der Waals surface area (Å²) in [4.78, 5) is 11.4. The van der Waals surface area contributed by atoms with E-state index in [0.717, 1.165) is 6.07 Å². The molecule has 1 rings (SSSR count). The predicted molar refractivity (Wildman–Crippen MR) is 55.0 cm³/mol. The van der Waals surface area contributed by atoms with Gasteiger partial charge in [-0.1, -0.05) is 6.07 Å². The number of nitrogens with one attached hydrogen (secondary N) is 1. The van der Waals surface area contributed by atoms with E-state index in [1.165, 1.54) is 12.1 Å². The minimum absolute atomic E-state index is 0.0458. The van der Waals surface area contributed by atoms with Gasteiger partial charge in [0.25, 0.3) is 5.91 Å². The van der Waals surface area contributed by atoms with E-state index in [1.807, 2.05) is 0 Å². The maximum absolute atomic E-state index is 13.2. The van der Waals surface area contributed by atoms with Crippen LogP contribution >= 0.6 is 0 Å². The number of rotatable bonds is 5. The first-order valence-corrected chi connectivity index (χ1v) is 5.00. The quantitative estimate of drug-likeness (QED) is 0.751. The molecule has 3 nitrogen and oxygen atoms in total. The molecule has 0 saturated heterocycles. The average Bonchev–Trinajstić information content (AvgIpc) is 2.28. The summed E-state index contributed by atoms with van der Waals surface area (Å²) < 4.78 is 25.9. The van der Waals surface area contributed by atoms with Crippen LogP contribution in [0.3, 0.4) is 0 Å². The number of amides is 1. The van der Waals surface area contributed by atoms with Gasteiger partial charge in [-0.15, -0.1) is 0 Å². The van der Waals surface area contributed by atoms with Gasteiger partial charge in [0.15, 0.2) is 11.6 Å². The van der Waals surface area contributed by atoms with E-state index in [9.17, 15) is 13.6 Å². The average molecular weight is 229 g/mol. The fourth-order valence-corrected chi connectivity index (χ4v) is 1.21. The lowest BCUT2D eigenvalue weighted by Gasteiger charge is -2.05. The Bertz CT molecular complexity index is 369. The summed E-state index contributed by atoms with van der Waals surface area (Å²) in [7, 11) is 0. The Hall–Kier alpha value is -1.49. The molecule has 0 heterocycles. The summed E-state index contributed by atoms with van der Waals surface area (Å²) in [5, 5.41) is 11.0. The van der Waals surface area contributed by atoms with Crippen LogP contribution in [-0.2, 0) is 0 Å². The molecular weight excluding hydrogens is 216 g/mol. The molecule has 5 heteroatoms. The van der Waals surface area contributed by atoms with Crippen molar-refractivity contribution in [3.63, 3.8) is 0 Å². The van der Waals surface area contributed by atoms with Gasteiger partial charge < -0.3 is 10.4 Å². The molecule has 0 radical (unpaired) electrons. The minimum atomic E-state index is -1.14. The van der Waals surface area contributed by atoms with Crippen molar-refractivity contribution in [2.75, 3.05) is 13.2 Å². The van der Waals surface area contributed by atoms with Crippen LogP contribution in [0.25, 0.3) is 0 Å². The standard InChI is InChI=1S/C11H13F2NO2/c12-9-5-3-4-8(10(9)13)11(16)14-6-1-2-7-15/h3-5,15H,1-2,6-7H2,(H,14,16). The molecule has 0 aliphatic rings. The molecule has 0 unspecified atom stereocenters. The van der Waals surface area contributed by atoms with Crippen molar-refractivity contribution in [1.82, 2.24) is 5.32 Å². The second-order valence-electron chi connectivity index (χ2n) is 3.29. The van der Waals surface area contributed by atoms with Crippen LogP contribution in [0.5, 0.6) is 0 Å². The zero-order valence-corrected chi connectivity index (χ0v) is 8.67. The van der Waals surface area contributed by atoms with Crippen LogP contribution in [0.2, 0.25) is 0 Å². The second kappa shape index (κ2) is 6.17. The van der Waals surface area contributed by atoms with E-state index < -0.39 is 17.5 Å². The van der Waals surface area contributed by atoms with Crippen LogP contribution in [0.15, 0.2) is 18.2 Å². The molecule has 0 aliphatic heterocycles. The molecule has 88 valence electrons. The Balaban J connectivity index is 2.56. The molecule has 0 bridgehead atoms. The van der Waals surface area contributed by atoms with Gasteiger partial charge in [-0.3, -0.25) is 4.79 Å². The van der Waals surface area contributed by atoms with Gasteiger partial charge in [0, 0.05) is 13.2 Å². The van der Waals surface area contributed by atoms with Crippen molar-refractivity contribution < 1.29 is 18.7 Å². The summed E-state index contributed by atoms with van der Waals surface area (Å²) in [5.74, 6) is -2.82. The van der Waals surface area contributed by atoms with E-state index in [0.29, 0.717) is 19.4 Å². The van der Waals surface area contributed by atoms with Crippen molar-refractivity contribution in [3.8, 4) is 0 Å².